The van der Waals surface area contributed by atoms with E-state index in [1.165, 1.54) is 4.90 Å². The van der Waals surface area contributed by atoms with Crippen molar-refractivity contribution < 1.29 is 14.3 Å². The maximum absolute atomic E-state index is 12.5. The fraction of sp³-hybridized carbons (Fsp3) is 0.222. The van der Waals surface area contributed by atoms with Crippen LogP contribution in [0, 0.1) is 6.92 Å². The number of para-hydroxylation sites is 2. The molecule has 1 amide bonds. The lowest BCUT2D eigenvalue weighted by atomic mass is 10.1. The molecule has 0 spiro atoms. The van der Waals surface area contributed by atoms with Gasteiger partial charge >= 0.3 is 0 Å². The number of ketones is 1. The van der Waals surface area contributed by atoms with E-state index in [1.807, 2.05) is 37.3 Å². The zero-order valence-electron chi connectivity index (χ0n) is 12.6. The van der Waals surface area contributed by atoms with Crippen LogP contribution in [0.1, 0.15) is 22.8 Å². The second-order valence-corrected chi connectivity index (χ2v) is 5.44. The lowest BCUT2D eigenvalue weighted by Crippen LogP contribution is -2.46. The van der Waals surface area contributed by atoms with Gasteiger partial charge in [-0.05, 0) is 26.0 Å². The van der Waals surface area contributed by atoms with Crippen LogP contribution in [0.2, 0.25) is 0 Å². The fourth-order valence-corrected chi connectivity index (χ4v) is 2.50. The van der Waals surface area contributed by atoms with Crippen LogP contribution in [-0.4, -0.2) is 24.3 Å². The van der Waals surface area contributed by atoms with Crippen LogP contribution < -0.4 is 9.64 Å². The van der Waals surface area contributed by atoms with Crippen LogP contribution in [0.25, 0.3) is 0 Å². The molecule has 4 heteroatoms. The Bertz CT molecular complexity index is 721. The lowest BCUT2D eigenvalue weighted by molar-refractivity contribution is -0.125. The molecule has 4 nitrogen and oxygen atoms in total. The van der Waals surface area contributed by atoms with Crippen LogP contribution in [0.4, 0.5) is 5.69 Å². The highest BCUT2D eigenvalue weighted by atomic mass is 16.5. The van der Waals surface area contributed by atoms with Gasteiger partial charge in [0.25, 0.3) is 5.91 Å². The molecule has 112 valence electrons. The van der Waals surface area contributed by atoms with Crippen molar-refractivity contribution in [3.05, 3.63) is 59.7 Å². The van der Waals surface area contributed by atoms with Crippen LogP contribution in [0.15, 0.2) is 48.5 Å². The summed E-state index contributed by atoms with van der Waals surface area (Å²) in [5.74, 6) is 0.350. The van der Waals surface area contributed by atoms with Crippen molar-refractivity contribution in [1.82, 2.24) is 0 Å². The SMILES string of the molecule is Cc1ccc(C(=O)CN2C(=O)[C@H](C)Oc3ccccc32)cc1. The summed E-state index contributed by atoms with van der Waals surface area (Å²) in [7, 11) is 0. The summed E-state index contributed by atoms with van der Waals surface area (Å²) in [5, 5.41) is 0. The molecule has 0 fully saturated rings. The summed E-state index contributed by atoms with van der Waals surface area (Å²) in [6.07, 6.45) is -0.583. The Morgan fingerprint density at radius 1 is 1.14 bits per heavy atom. The lowest BCUT2D eigenvalue weighted by Gasteiger charge is -2.32. The van der Waals surface area contributed by atoms with Gasteiger partial charge in [-0.25, -0.2) is 0 Å². The molecule has 1 aliphatic rings. The van der Waals surface area contributed by atoms with Gasteiger partial charge in [0.15, 0.2) is 11.9 Å². The Morgan fingerprint density at radius 2 is 1.82 bits per heavy atom. The topological polar surface area (TPSA) is 46.6 Å². The number of hydrogen-bond acceptors (Lipinski definition) is 3. The second-order valence-electron chi connectivity index (χ2n) is 5.44. The zero-order chi connectivity index (χ0) is 15.7. The smallest absolute Gasteiger partial charge is 0.268 e. The molecule has 0 aromatic heterocycles. The summed E-state index contributed by atoms with van der Waals surface area (Å²) in [4.78, 5) is 26.3. The molecular formula is C18H17NO3. The maximum atomic E-state index is 12.5. The van der Waals surface area contributed by atoms with E-state index in [1.54, 1.807) is 25.1 Å². The predicted octanol–water partition coefficient (Wildman–Crippen LogP) is 2.99. The Morgan fingerprint density at radius 3 is 2.55 bits per heavy atom. The number of anilines is 1. The standard InChI is InChI=1S/C18H17NO3/c1-12-7-9-14(10-8-12)16(20)11-19-15-5-3-4-6-17(15)22-13(2)18(19)21/h3-10,13H,11H2,1-2H3/t13-/m0/s1. The minimum absolute atomic E-state index is 0.0204. The average Bonchev–Trinajstić information content (AvgIpc) is 2.52. The molecule has 1 heterocycles. The van der Waals surface area contributed by atoms with Gasteiger partial charge in [0, 0.05) is 5.56 Å². The van der Waals surface area contributed by atoms with E-state index in [9.17, 15) is 9.59 Å². The third-order valence-electron chi connectivity index (χ3n) is 3.75. The quantitative estimate of drug-likeness (QED) is 0.818. The number of fused-ring (bicyclic) bond motifs is 1. The third-order valence-corrected chi connectivity index (χ3v) is 3.75. The molecule has 0 saturated heterocycles. The Hall–Kier alpha value is -2.62. The number of nitrogens with zero attached hydrogens (tertiary/aromatic N) is 1. The largest absolute Gasteiger partial charge is 0.479 e. The summed E-state index contributed by atoms with van der Waals surface area (Å²) < 4.78 is 5.57. The number of ether oxygens (including phenoxy) is 1. The first-order valence-corrected chi connectivity index (χ1v) is 7.23. The molecule has 2 aromatic carbocycles. The van der Waals surface area contributed by atoms with E-state index in [0.29, 0.717) is 17.0 Å². The maximum Gasteiger partial charge on any atom is 0.268 e. The number of amides is 1. The van der Waals surface area contributed by atoms with Gasteiger partial charge in [-0.2, -0.15) is 0 Å². The highest BCUT2D eigenvalue weighted by molar-refractivity contribution is 6.08. The molecular weight excluding hydrogens is 278 g/mol. The molecule has 3 rings (SSSR count). The van der Waals surface area contributed by atoms with Crippen molar-refractivity contribution in [3.8, 4) is 5.75 Å². The van der Waals surface area contributed by atoms with Crippen molar-refractivity contribution in [2.45, 2.75) is 20.0 Å². The minimum Gasteiger partial charge on any atom is -0.479 e. The summed E-state index contributed by atoms with van der Waals surface area (Å²) in [6, 6.07) is 14.6. The van der Waals surface area contributed by atoms with Gasteiger partial charge in [0.05, 0.1) is 12.2 Å². The third kappa shape index (κ3) is 2.60. The summed E-state index contributed by atoms with van der Waals surface area (Å²) >= 11 is 0. The zero-order valence-corrected chi connectivity index (χ0v) is 12.6. The monoisotopic (exact) mass is 295 g/mol. The minimum atomic E-state index is -0.583. The van der Waals surface area contributed by atoms with Gasteiger partial charge in [0.2, 0.25) is 0 Å². The number of carbonyl (C=O) groups excluding carboxylic acids is 2. The Balaban J connectivity index is 1.89. The van der Waals surface area contributed by atoms with Crippen molar-refractivity contribution >= 4 is 17.4 Å². The number of benzene rings is 2. The molecule has 0 radical (unpaired) electrons. The highest BCUT2D eigenvalue weighted by Crippen LogP contribution is 2.33. The molecule has 1 aliphatic heterocycles. The Labute approximate surface area is 129 Å². The molecule has 0 saturated carbocycles. The number of Topliss-reactive ketones (excluding diaryl/α,β-unsaturated/α-hetero) is 1. The van der Waals surface area contributed by atoms with E-state index >= 15 is 0 Å². The predicted molar refractivity (Wildman–Crippen MR) is 84.4 cm³/mol. The first-order chi connectivity index (χ1) is 10.6. The number of hydrogen-bond donors (Lipinski definition) is 0. The van der Waals surface area contributed by atoms with E-state index < -0.39 is 6.10 Å². The van der Waals surface area contributed by atoms with Gasteiger partial charge < -0.3 is 4.74 Å². The first-order valence-electron chi connectivity index (χ1n) is 7.23. The molecule has 0 aliphatic carbocycles. The van der Waals surface area contributed by atoms with E-state index in [-0.39, 0.29) is 18.2 Å². The highest BCUT2D eigenvalue weighted by Gasteiger charge is 2.32. The van der Waals surface area contributed by atoms with Crippen LogP contribution in [0.5, 0.6) is 5.75 Å². The van der Waals surface area contributed by atoms with Crippen molar-refractivity contribution in [2.24, 2.45) is 0 Å². The van der Waals surface area contributed by atoms with E-state index in [4.69, 9.17) is 4.74 Å². The van der Waals surface area contributed by atoms with Gasteiger partial charge in [-0.15, -0.1) is 0 Å². The van der Waals surface area contributed by atoms with Crippen LogP contribution in [0.3, 0.4) is 0 Å². The average molecular weight is 295 g/mol. The second kappa shape index (κ2) is 5.64. The molecule has 22 heavy (non-hydrogen) atoms. The normalized spacial score (nSPS) is 16.9. The van der Waals surface area contributed by atoms with Crippen molar-refractivity contribution in [2.75, 3.05) is 11.4 Å². The van der Waals surface area contributed by atoms with Crippen LogP contribution >= 0.6 is 0 Å². The van der Waals surface area contributed by atoms with Gasteiger partial charge in [0.1, 0.15) is 5.75 Å². The first kappa shape index (κ1) is 14.3. The van der Waals surface area contributed by atoms with E-state index in [2.05, 4.69) is 0 Å². The van der Waals surface area contributed by atoms with E-state index in [0.717, 1.165) is 5.56 Å². The number of rotatable bonds is 3. The van der Waals surface area contributed by atoms with Gasteiger partial charge in [-0.1, -0.05) is 42.0 Å². The summed E-state index contributed by atoms with van der Waals surface area (Å²) in [5.41, 5.74) is 2.35. The number of carbonyl (C=O) groups is 2. The molecule has 2 aromatic rings. The van der Waals surface area contributed by atoms with Crippen molar-refractivity contribution in [3.63, 3.8) is 0 Å². The molecule has 1 atom stereocenters. The summed E-state index contributed by atoms with van der Waals surface area (Å²) in [6.45, 7) is 3.69. The fourth-order valence-electron chi connectivity index (χ4n) is 2.50. The molecule has 0 N–H and O–H groups in total. The Kier molecular flexibility index (Phi) is 3.67. The van der Waals surface area contributed by atoms with Gasteiger partial charge in [-0.3, -0.25) is 14.5 Å². The molecule has 0 bridgehead atoms. The number of aryl methyl sites for hydroxylation is 1. The molecule has 0 unspecified atom stereocenters. The van der Waals surface area contributed by atoms with Crippen molar-refractivity contribution in [1.29, 1.82) is 0 Å². The van der Waals surface area contributed by atoms with Crippen LogP contribution in [-0.2, 0) is 4.79 Å².